The van der Waals surface area contributed by atoms with E-state index in [1.165, 1.54) is 6.92 Å². The molecule has 0 heterocycles. The highest BCUT2D eigenvalue weighted by Crippen LogP contribution is 2.24. The Balaban J connectivity index is 2.33. The van der Waals surface area contributed by atoms with Gasteiger partial charge < -0.3 is 4.74 Å². The zero-order chi connectivity index (χ0) is 8.27. The molecule has 1 unspecified atom stereocenters. The summed E-state index contributed by atoms with van der Waals surface area (Å²) in [5.74, 6) is -0.00972. The van der Waals surface area contributed by atoms with Crippen LogP contribution in [0.2, 0.25) is 0 Å². The van der Waals surface area contributed by atoms with E-state index in [0.717, 1.165) is 4.48 Å². The number of halogens is 1. The second kappa shape index (κ2) is 3.72. The minimum atomic E-state index is -0.231. The molecule has 0 radical (unpaired) electrons. The molecule has 0 amide bonds. The first-order chi connectivity index (χ1) is 5.20. The minimum Gasteiger partial charge on any atom is -0.465 e. The van der Waals surface area contributed by atoms with Crippen molar-refractivity contribution in [3.05, 3.63) is 22.7 Å². The lowest BCUT2D eigenvalue weighted by molar-refractivity contribution is -0.141. The number of allylic oxidation sites excluding steroid dienone is 2. The lowest BCUT2D eigenvalue weighted by atomic mass is 10.2. The van der Waals surface area contributed by atoms with Gasteiger partial charge in [-0.05, 0) is 0 Å². The molecule has 3 heteroatoms. The molecule has 11 heavy (non-hydrogen) atoms. The molecule has 1 atom stereocenters. The van der Waals surface area contributed by atoms with E-state index in [0.29, 0.717) is 6.61 Å². The van der Waals surface area contributed by atoms with Gasteiger partial charge >= 0.3 is 5.97 Å². The highest BCUT2D eigenvalue weighted by molar-refractivity contribution is 9.11. The number of hydrogen-bond donors (Lipinski definition) is 0. The van der Waals surface area contributed by atoms with Gasteiger partial charge in [-0.25, -0.2) is 0 Å². The van der Waals surface area contributed by atoms with Gasteiger partial charge in [0.1, 0.15) is 6.61 Å². The monoisotopic (exact) mass is 216 g/mol. The molecule has 0 aromatic rings. The predicted molar refractivity (Wildman–Crippen MR) is 46.3 cm³/mol. The number of carbonyl (C=O) groups is 1. The molecule has 1 aliphatic rings. The van der Waals surface area contributed by atoms with Gasteiger partial charge in [0.05, 0.1) is 0 Å². The van der Waals surface area contributed by atoms with Crippen LogP contribution in [0.15, 0.2) is 22.7 Å². The van der Waals surface area contributed by atoms with Crippen LogP contribution in [0.3, 0.4) is 0 Å². The first-order valence-corrected chi connectivity index (χ1v) is 4.16. The molecule has 0 aliphatic heterocycles. The number of ether oxygens (including phenoxy) is 1. The Hall–Kier alpha value is -0.570. The fraction of sp³-hybridized carbons (Fsp3) is 0.375. The average molecular weight is 217 g/mol. The van der Waals surface area contributed by atoms with Gasteiger partial charge in [0, 0.05) is 17.3 Å². The molecular weight excluding hydrogens is 208 g/mol. The SMILES string of the molecule is CC(=O)OCC1C=CC=C1Br. The normalized spacial score (nSPS) is 21.6. The van der Waals surface area contributed by atoms with E-state index in [9.17, 15) is 4.79 Å². The van der Waals surface area contributed by atoms with Gasteiger partial charge in [-0.2, -0.15) is 0 Å². The molecule has 0 N–H and O–H groups in total. The maximum Gasteiger partial charge on any atom is 0.302 e. The van der Waals surface area contributed by atoms with E-state index in [2.05, 4.69) is 15.9 Å². The predicted octanol–water partition coefficient (Wildman–Crippen LogP) is 2.01. The maximum atomic E-state index is 10.4. The summed E-state index contributed by atoms with van der Waals surface area (Å²) in [6.07, 6.45) is 5.89. The maximum absolute atomic E-state index is 10.4. The summed E-state index contributed by atoms with van der Waals surface area (Å²) >= 11 is 3.36. The molecule has 60 valence electrons. The van der Waals surface area contributed by atoms with E-state index in [1.807, 2.05) is 18.2 Å². The third kappa shape index (κ3) is 2.50. The van der Waals surface area contributed by atoms with Crippen LogP contribution in [0, 0.1) is 5.92 Å². The number of esters is 1. The second-order valence-corrected chi connectivity index (χ2v) is 3.26. The summed E-state index contributed by atoms with van der Waals surface area (Å²) in [4.78, 5) is 10.4. The Morgan fingerprint density at radius 2 is 2.55 bits per heavy atom. The first-order valence-electron chi connectivity index (χ1n) is 3.37. The number of rotatable bonds is 2. The highest BCUT2D eigenvalue weighted by Gasteiger charge is 2.12. The molecule has 0 aromatic heterocycles. The topological polar surface area (TPSA) is 26.3 Å². The Bertz CT molecular complexity index is 218. The molecule has 0 saturated carbocycles. The summed E-state index contributed by atoms with van der Waals surface area (Å²) in [6.45, 7) is 1.85. The van der Waals surface area contributed by atoms with Crippen LogP contribution in [0.5, 0.6) is 0 Å². The summed E-state index contributed by atoms with van der Waals surface area (Å²) in [6, 6.07) is 0. The number of hydrogen-bond acceptors (Lipinski definition) is 2. The van der Waals surface area contributed by atoms with Crippen molar-refractivity contribution in [2.75, 3.05) is 6.61 Å². The van der Waals surface area contributed by atoms with Gasteiger partial charge in [-0.3, -0.25) is 4.79 Å². The minimum absolute atomic E-state index is 0.221. The van der Waals surface area contributed by atoms with E-state index >= 15 is 0 Å². The van der Waals surface area contributed by atoms with Gasteiger partial charge in [0.15, 0.2) is 0 Å². The summed E-state index contributed by atoms with van der Waals surface area (Å²) in [7, 11) is 0. The Morgan fingerprint density at radius 3 is 3.00 bits per heavy atom. The molecule has 1 rings (SSSR count). The van der Waals surface area contributed by atoms with E-state index in [1.54, 1.807) is 0 Å². The van der Waals surface area contributed by atoms with Crippen LogP contribution in [0.4, 0.5) is 0 Å². The summed E-state index contributed by atoms with van der Waals surface area (Å²) in [5, 5.41) is 0. The van der Waals surface area contributed by atoms with E-state index in [4.69, 9.17) is 4.74 Å². The Kier molecular flexibility index (Phi) is 2.88. The van der Waals surface area contributed by atoms with Crippen LogP contribution in [-0.2, 0) is 9.53 Å². The molecule has 2 nitrogen and oxygen atoms in total. The molecule has 1 aliphatic carbocycles. The smallest absolute Gasteiger partial charge is 0.302 e. The third-order valence-electron chi connectivity index (χ3n) is 1.42. The van der Waals surface area contributed by atoms with Crippen molar-refractivity contribution in [1.82, 2.24) is 0 Å². The molecule has 0 saturated heterocycles. The standard InChI is InChI=1S/C8H9BrO2/c1-6(10)11-5-7-3-2-4-8(7)9/h2-4,7H,5H2,1H3. The van der Waals surface area contributed by atoms with Gasteiger partial charge in [0.25, 0.3) is 0 Å². The van der Waals surface area contributed by atoms with Gasteiger partial charge in [-0.15, -0.1) is 0 Å². The van der Waals surface area contributed by atoms with Crippen molar-refractivity contribution in [3.8, 4) is 0 Å². The summed E-state index contributed by atoms with van der Waals surface area (Å²) < 4.78 is 5.90. The molecular formula is C8H9BrO2. The van der Waals surface area contributed by atoms with Crippen LogP contribution in [0.1, 0.15) is 6.92 Å². The van der Waals surface area contributed by atoms with Crippen LogP contribution >= 0.6 is 15.9 Å². The van der Waals surface area contributed by atoms with Gasteiger partial charge in [0.2, 0.25) is 0 Å². The fourth-order valence-electron chi connectivity index (χ4n) is 0.839. The average Bonchev–Trinajstić information content (AvgIpc) is 2.31. The zero-order valence-electron chi connectivity index (χ0n) is 6.21. The molecule has 0 spiro atoms. The van der Waals surface area contributed by atoms with Crippen molar-refractivity contribution in [2.24, 2.45) is 5.92 Å². The Morgan fingerprint density at radius 1 is 1.82 bits per heavy atom. The van der Waals surface area contributed by atoms with Crippen molar-refractivity contribution >= 4 is 21.9 Å². The fourth-order valence-corrected chi connectivity index (χ4v) is 1.28. The van der Waals surface area contributed by atoms with E-state index < -0.39 is 0 Å². The molecule has 0 aromatic carbocycles. The lowest BCUT2D eigenvalue weighted by Crippen LogP contribution is -2.08. The lowest BCUT2D eigenvalue weighted by Gasteiger charge is -2.07. The molecule has 0 bridgehead atoms. The summed E-state index contributed by atoms with van der Waals surface area (Å²) in [5.41, 5.74) is 0. The van der Waals surface area contributed by atoms with E-state index in [-0.39, 0.29) is 11.9 Å². The van der Waals surface area contributed by atoms with Crippen molar-refractivity contribution in [2.45, 2.75) is 6.92 Å². The second-order valence-electron chi connectivity index (χ2n) is 2.35. The van der Waals surface area contributed by atoms with Gasteiger partial charge in [-0.1, -0.05) is 34.2 Å². The van der Waals surface area contributed by atoms with Crippen LogP contribution < -0.4 is 0 Å². The van der Waals surface area contributed by atoms with Crippen molar-refractivity contribution < 1.29 is 9.53 Å². The van der Waals surface area contributed by atoms with Crippen LogP contribution in [0.25, 0.3) is 0 Å². The highest BCUT2D eigenvalue weighted by atomic mass is 79.9. The van der Waals surface area contributed by atoms with Crippen molar-refractivity contribution in [1.29, 1.82) is 0 Å². The van der Waals surface area contributed by atoms with Crippen LogP contribution in [-0.4, -0.2) is 12.6 Å². The zero-order valence-corrected chi connectivity index (χ0v) is 7.80. The molecule has 0 fully saturated rings. The quantitative estimate of drug-likeness (QED) is 0.661. The van der Waals surface area contributed by atoms with Crippen molar-refractivity contribution in [3.63, 3.8) is 0 Å². The third-order valence-corrected chi connectivity index (χ3v) is 2.27. The first kappa shape index (κ1) is 8.53. The largest absolute Gasteiger partial charge is 0.465 e. The Labute approximate surface area is 74.1 Å². The number of carbonyl (C=O) groups excluding carboxylic acids is 1.